The Morgan fingerprint density at radius 2 is 1.82 bits per heavy atom. The molecule has 28 heavy (non-hydrogen) atoms. The van der Waals surface area contributed by atoms with Crippen LogP contribution >= 0.6 is 11.6 Å². The lowest BCUT2D eigenvalue weighted by Gasteiger charge is -2.37. The third kappa shape index (κ3) is 3.97. The number of hydroxylamine groups is 3. The topological polar surface area (TPSA) is 57.9 Å². The maximum absolute atomic E-state index is 13.2. The van der Waals surface area contributed by atoms with E-state index < -0.39 is 0 Å². The Morgan fingerprint density at radius 1 is 1.11 bits per heavy atom. The zero-order valence-corrected chi connectivity index (χ0v) is 16.7. The summed E-state index contributed by atoms with van der Waals surface area (Å²) in [5, 5.41) is 19.4. The molecule has 0 spiro atoms. The van der Waals surface area contributed by atoms with Gasteiger partial charge in [-0.1, -0.05) is 41.9 Å². The summed E-state index contributed by atoms with van der Waals surface area (Å²) in [6.45, 7) is 1.11. The molecule has 0 unspecified atom stereocenters. The largest absolute Gasteiger partial charge is 0.633 e. The monoisotopic (exact) mass is 397 g/mol. The minimum atomic E-state index is -0.240. The minimum Gasteiger partial charge on any atom is -0.633 e. The fraction of sp³-hybridized carbons (Fsp3) is 0.364. The van der Waals surface area contributed by atoms with E-state index in [1.54, 1.807) is 11.7 Å². The summed E-state index contributed by atoms with van der Waals surface area (Å²) in [5.41, 5.74) is 1.90. The Hall–Kier alpha value is -2.21. The van der Waals surface area contributed by atoms with E-state index in [0.29, 0.717) is 36.3 Å². The Balaban J connectivity index is 1.78. The molecule has 2 heterocycles. The molecule has 4 rings (SSSR count). The van der Waals surface area contributed by atoms with E-state index in [9.17, 15) is 10.0 Å². The van der Waals surface area contributed by atoms with Crippen molar-refractivity contribution in [1.82, 2.24) is 9.78 Å². The molecule has 0 bridgehead atoms. The second kappa shape index (κ2) is 7.66. The molecule has 0 saturated carbocycles. The van der Waals surface area contributed by atoms with Gasteiger partial charge in [-0.3, -0.25) is 4.79 Å². The molecule has 2 atom stereocenters. The summed E-state index contributed by atoms with van der Waals surface area (Å²) in [5.74, 6) is 0. The van der Waals surface area contributed by atoms with Crippen molar-refractivity contribution in [2.24, 2.45) is 0 Å². The molecule has 5 nitrogen and oxygen atoms in total. The Kier molecular flexibility index (Phi) is 5.23. The van der Waals surface area contributed by atoms with Gasteiger partial charge in [-0.05, 0) is 36.6 Å². The first-order valence-corrected chi connectivity index (χ1v) is 10.1. The number of nitrogens with zero attached hydrogens (tertiary/aromatic N) is 3. The van der Waals surface area contributed by atoms with Gasteiger partial charge in [0.2, 0.25) is 0 Å². The van der Waals surface area contributed by atoms with Crippen LogP contribution in [0.4, 0.5) is 0 Å². The normalized spacial score (nSPS) is 22.9. The molecule has 0 aliphatic carbocycles. The quantitative estimate of drug-likeness (QED) is 0.488. The predicted octanol–water partition coefficient (Wildman–Crippen LogP) is 4.31. The summed E-state index contributed by atoms with van der Waals surface area (Å²) in [6, 6.07) is 15.3. The second-order valence-electron chi connectivity index (χ2n) is 7.87. The summed E-state index contributed by atoms with van der Waals surface area (Å²) in [7, 11) is 1.71. The molecular formula is C22H24ClN3O2. The highest BCUT2D eigenvalue weighted by Crippen LogP contribution is 2.25. The Labute approximate surface area is 169 Å². The first kappa shape index (κ1) is 19.1. The zero-order valence-electron chi connectivity index (χ0n) is 16.0. The second-order valence-corrected chi connectivity index (χ2v) is 8.31. The lowest BCUT2D eigenvalue weighted by molar-refractivity contribution is -0.859. The van der Waals surface area contributed by atoms with Gasteiger partial charge in [-0.2, -0.15) is 5.10 Å². The first-order chi connectivity index (χ1) is 13.4. The van der Waals surface area contributed by atoms with Crippen molar-refractivity contribution in [3.05, 3.63) is 80.4 Å². The summed E-state index contributed by atoms with van der Waals surface area (Å²) in [6.07, 6.45) is 2.91. The molecule has 146 valence electrons. The van der Waals surface area contributed by atoms with Crippen molar-refractivity contribution >= 4 is 22.4 Å². The number of hydrogen-bond donors (Lipinski definition) is 0. The molecule has 1 aromatic heterocycles. The van der Waals surface area contributed by atoms with Crippen molar-refractivity contribution in [3.8, 4) is 0 Å². The Bertz CT molecular complexity index is 1040. The third-order valence-electron chi connectivity index (χ3n) is 5.64. The van der Waals surface area contributed by atoms with Gasteiger partial charge >= 0.3 is 0 Å². The predicted molar refractivity (Wildman–Crippen MR) is 112 cm³/mol. The average Bonchev–Trinajstić information content (AvgIpc) is 2.86. The van der Waals surface area contributed by atoms with E-state index in [1.165, 1.54) is 0 Å². The maximum atomic E-state index is 13.2. The summed E-state index contributed by atoms with van der Waals surface area (Å²) < 4.78 is 1.40. The highest BCUT2D eigenvalue weighted by molar-refractivity contribution is 6.30. The van der Waals surface area contributed by atoms with Gasteiger partial charge in [0, 0.05) is 23.3 Å². The SMILES string of the molecule is C[N@+]1([O-])CCC[C@@H](n2nc(Cc3ccc(Cl)cc3)c3ccccc3c2=O)CC1. The average molecular weight is 398 g/mol. The molecule has 1 aliphatic rings. The van der Waals surface area contributed by atoms with Gasteiger partial charge < -0.3 is 9.85 Å². The van der Waals surface area contributed by atoms with Crippen LogP contribution in [0, 0.1) is 5.21 Å². The van der Waals surface area contributed by atoms with Gasteiger partial charge in [0.25, 0.3) is 5.56 Å². The fourth-order valence-electron chi connectivity index (χ4n) is 4.03. The van der Waals surface area contributed by atoms with E-state index in [0.717, 1.165) is 29.5 Å². The van der Waals surface area contributed by atoms with Crippen molar-refractivity contribution < 1.29 is 4.65 Å². The molecule has 1 saturated heterocycles. The van der Waals surface area contributed by atoms with Crippen molar-refractivity contribution in [3.63, 3.8) is 0 Å². The number of benzene rings is 2. The van der Waals surface area contributed by atoms with E-state index in [1.807, 2.05) is 48.5 Å². The van der Waals surface area contributed by atoms with Crippen LogP contribution in [0.1, 0.15) is 36.6 Å². The maximum Gasteiger partial charge on any atom is 0.274 e. The number of hydrogen-bond acceptors (Lipinski definition) is 3. The molecule has 1 aliphatic heterocycles. The number of fused-ring (bicyclic) bond motifs is 1. The number of halogens is 1. The smallest absolute Gasteiger partial charge is 0.274 e. The third-order valence-corrected chi connectivity index (χ3v) is 5.89. The van der Waals surface area contributed by atoms with Crippen LogP contribution in [0.25, 0.3) is 10.8 Å². The van der Waals surface area contributed by atoms with Gasteiger partial charge in [0.05, 0.1) is 37.3 Å². The van der Waals surface area contributed by atoms with Crippen LogP contribution < -0.4 is 5.56 Å². The van der Waals surface area contributed by atoms with Crippen LogP contribution in [-0.2, 0) is 6.42 Å². The van der Waals surface area contributed by atoms with Crippen LogP contribution in [-0.4, -0.2) is 34.6 Å². The van der Waals surface area contributed by atoms with Crippen LogP contribution in [0.5, 0.6) is 0 Å². The van der Waals surface area contributed by atoms with Crippen molar-refractivity contribution in [2.45, 2.75) is 31.7 Å². The molecule has 1 fully saturated rings. The standard InChI is InChI=1S/C22H24ClN3O2/c1-26(28)13-4-5-18(12-14-26)25-22(27)20-7-3-2-6-19(20)21(24-25)15-16-8-10-17(23)11-9-16/h2-3,6-11,18H,4-5,12-15H2,1H3/t18-,26+/m1/s1. The van der Waals surface area contributed by atoms with Crippen LogP contribution in [0.3, 0.4) is 0 Å². The zero-order chi connectivity index (χ0) is 19.7. The number of likely N-dealkylation sites (tertiary alicyclic amines) is 1. The number of aromatic nitrogens is 2. The molecule has 0 radical (unpaired) electrons. The first-order valence-electron chi connectivity index (χ1n) is 9.73. The van der Waals surface area contributed by atoms with Gasteiger partial charge in [-0.25, -0.2) is 4.68 Å². The minimum absolute atomic E-state index is 0.0324. The van der Waals surface area contributed by atoms with Crippen molar-refractivity contribution in [1.29, 1.82) is 0 Å². The highest BCUT2D eigenvalue weighted by atomic mass is 35.5. The van der Waals surface area contributed by atoms with Crippen LogP contribution in [0.15, 0.2) is 53.3 Å². The van der Waals surface area contributed by atoms with Crippen LogP contribution in [0.2, 0.25) is 5.02 Å². The van der Waals surface area contributed by atoms with E-state index in [-0.39, 0.29) is 16.2 Å². The van der Waals surface area contributed by atoms with Gasteiger partial charge in [-0.15, -0.1) is 0 Å². The Morgan fingerprint density at radius 3 is 2.57 bits per heavy atom. The number of rotatable bonds is 3. The molecule has 2 aromatic carbocycles. The molecule has 0 N–H and O–H groups in total. The summed E-state index contributed by atoms with van der Waals surface area (Å²) in [4.78, 5) is 13.2. The summed E-state index contributed by atoms with van der Waals surface area (Å²) >= 11 is 6.01. The lowest BCUT2D eigenvalue weighted by atomic mass is 10.0. The fourth-order valence-corrected chi connectivity index (χ4v) is 4.16. The molecule has 3 aromatic rings. The van der Waals surface area contributed by atoms with E-state index in [2.05, 4.69) is 0 Å². The highest BCUT2D eigenvalue weighted by Gasteiger charge is 2.24. The molecular weight excluding hydrogens is 374 g/mol. The number of quaternary nitrogens is 1. The van der Waals surface area contributed by atoms with Gasteiger partial charge in [0.15, 0.2) is 0 Å². The molecule has 6 heteroatoms. The van der Waals surface area contributed by atoms with Gasteiger partial charge in [0.1, 0.15) is 0 Å². The lowest BCUT2D eigenvalue weighted by Crippen LogP contribution is -2.38. The van der Waals surface area contributed by atoms with E-state index in [4.69, 9.17) is 16.7 Å². The van der Waals surface area contributed by atoms with E-state index >= 15 is 0 Å². The van der Waals surface area contributed by atoms with Crippen molar-refractivity contribution in [2.75, 3.05) is 20.1 Å². The molecule has 0 amide bonds.